The number of aromatic amines is 1. The number of carbonyl (C=O) groups is 1. The Morgan fingerprint density at radius 1 is 1.43 bits per heavy atom. The summed E-state index contributed by atoms with van der Waals surface area (Å²) in [7, 11) is 0. The number of hydrogen-bond acceptors (Lipinski definition) is 3. The standard InChI is InChI=1S/C16H24N4O/c1-3-12(8-9-17)4-7-16(21)20-13-5-6-14-15(10-13)19-11(2)18-14/h5-6,10,12H,3-4,7-9,17H2,1-2H3,(H,18,19)(H,20,21). The second-order valence-corrected chi connectivity index (χ2v) is 5.49. The molecule has 0 aliphatic heterocycles. The number of fused-ring (bicyclic) bond motifs is 1. The Labute approximate surface area is 125 Å². The van der Waals surface area contributed by atoms with Crippen LogP contribution in [0.15, 0.2) is 18.2 Å². The predicted octanol–water partition coefficient (Wildman–Crippen LogP) is 2.97. The molecule has 5 heteroatoms. The molecule has 0 aliphatic carbocycles. The number of H-pyrrole nitrogens is 1. The summed E-state index contributed by atoms with van der Waals surface area (Å²) in [6.07, 6.45) is 3.50. The fourth-order valence-corrected chi connectivity index (χ4v) is 2.56. The lowest BCUT2D eigenvalue weighted by molar-refractivity contribution is -0.116. The van der Waals surface area contributed by atoms with Gasteiger partial charge >= 0.3 is 0 Å². The van der Waals surface area contributed by atoms with Gasteiger partial charge in [-0.05, 0) is 50.4 Å². The molecule has 2 rings (SSSR count). The molecule has 1 unspecified atom stereocenters. The largest absolute Gasteiger partial charge is 0.342 e. The van der Waals surface area contributed by atoms with Gasteiger partial charge in [-0.25, -0.2) is 4.98 Å². The molecule has 1 aromatic heterocycles. The van der Waals surface area contributed by atoms with Gasteiger partial charge in [-0.2, -0.15) is 0 Å². The third-order valence-electron chi connectivity index (χ3n) is 3.82. The second kappa shape index (κ2) is 7.22. The molecule has 2 aromatic rings. The molecule has 1 aromatic carbocycles. The molecule has 1 atom stereocenters. The van der Waals surface area contributed by atoms with Crippen LogP contribution in [0.2, 0.25) is 0 Å². The summed E-state index contributed by atoms with van der Waals surface area (Å²) < 4.78 is 0. The van der Waals surface area contributed by atoms with E-state index in [1.807, 2.05) is 25.1 Å². The predicted molar refractivity (Wildman–Crippen MR) is 86.1 cm³/mol. The van der Waals surface area contributed by atoms with Crippen molar-refractivity contribution in [3.63, 3.8) is 0 Å². The molecule has 0 bridgehead atoms. The average Bonchev–Trinajstić information content (AvgIpc) is 2.82. The summed E-state index contributed by atoms with van der Waals surface area (Å²) in [5, 5.41) is 2.95. The molecule has 0 saturated heterocycles. The number of nitrogens with zero attached hydrogens (tertiary/aromatic N) is 1. The number of anilines is 1. The van der Waals surface area contributed by atoms with Crippen LogP contribution in [0.25, 0.3) is 11.0 Å². The molecule has 1 amide bonds. The van der Waals surface area contributed by atoms with Gasteiger partial charge in [0.05, 0.1) is 11.0 Å². The highest BCUT2D eigenvalue weighted by atomic mass is 16.1. The number of rotatable bonds is 7. The van der Waals surface area contributed by atoms with E-state index < -0.39 is 0 Å². The van der Waals surface area contributed by atoms with Crippen molar-refractivity contribution in [2.45, 2.75) is 39.5 Å². The number of imidazole rings is 1. The number of nitrogens with two attached hydrogens (primary N) is 1. The molecule has 1 heterocycles. The van der Waals surface area contributed by atoms with Crippen LogP contribution in [-0.4, -0.2) is 22.4 Å². The first-order valence-electron chi connectivity index (χ1n) is 7.58. The Morgan fingerprint density at radius 3 is 2.95 bits per heavy atom. The van der Waals surface area contributed by atoms with Gasteiger partial charge in [-0.15, -0.1) is 0 Å². The lowest BCUT2D eigenvalue weighted by Crippen LogP contribution is -2.15. The van der Waals surface area contributed by atoms with Gasteiger partial charge in [0.2, 0.25) is 5.91 Å². The van der Waals surface area contributed by atoms with Crippen LogP contribution >= 0.6 is 0 Å². The van der Waals surface area contributed by atoms with Crippen molar-refractivity contribution >= 4 is 22.6 Å². The maximum absolute atomic E-state index is 12.0. The minimum Gasteiger partial charge on any atom is -0.342 e. The van der Waals surface area contributed by atoms with Crippen molar-refractivity contribution in [2.24, 2.45) is 11.7 Å². The van der Waals surface area contributed by atoms with Crippen LogP contribution in [-0.2, 0) is 4.79 Å². The topological polar surface area (TPSA) is 83.8 Å². The molecule has 21 heavy (non-hydrogen) atoms. The monoisotopic (exact) mass is 288 g/mol. The van der Waals surface area contributed by atoms with Gasteiger partial charge in [-0.3, -0.25) is 4.79 Å². The Hall–Kier alpha value is -1.88. The summed E-state index contributed by atoms with van der Waals surface area (Å²) in [6.45, 7) is 4.75. The van der Waals surface area contributed by atoms with Crippen molar-refractivity contribution in [1.29, 1.82) is 0 Å². The van der Waals surface area contributed by atoms with Crippen molar-refractivity contribution in [2.75, 3.05) is 11.9 Å². The van der Waals surface area contributed by atoms with E-state index in [1.54, 1.807) is 0 Å². The molecule has 114 valence electrons. The van der Waals surface area contributed by atoms with E-state index in [4.69, 9.17) is 5.73 Å². The number of nitrogens with one attached hydrogen (secondary N) is 2. The van der Waals surface area contributed by atoms with Crippen molar-refractivity contribution in [3.05, 3.63) is 24.0 Å². The molecular weight excluding hydrogens is 264 g/mol. The highest BCUT2D eigenvalue weighted by molar-refractivity contribution is 5.93. The smallest absolute Gasteiger partial charge is 0.224 e. The van der Waals surface area contributed by atoms with Gasteiger partial charge in [0.1, 0.15) is 5.82 Å². The lowest BCUT2D eigenvalue weighted by atomic mass is 9.96. The first-order valence-corrected chi connectivity index (χ1v) is 7.58. The summed E-state index contributed by atoms with van der Waals surface area (Å²) in [5.74, 6) is 1.47. The van der Waals surface area contributed by atoms with E-state index >= 15 is 0 Å². The zero-order chi connectivity index (χ0) is 15.2. The third kappa shape index (κ3) is 4.29. The first kappa shape index (κ1) is 15.5. The number of carbonyl (C=O) groups excluding carboxylic acids is 1. The van der Waals surface area contributed by atoms with E-state index in [0.29, 0.717) is 18.9 Å². The van der Waals surface area contributed by atoms with Crippen LogP contribution in [0, 0.1) is 12.8 Å². The van der Waals surface area contributed by atoms with Crippen molar-refractivity contribution in [3.8, 4) is 0 Å². The molecule has 4 N–H and O–H groups in total. The first-order chi connectivity index (χ1) is 10.1. The van der Waals surface area contributed by atoms with Crippen LogP contribution in [0.4, 0.5) is 5.69 Å². The van der Waals surface area contributed by atoms with E-state index in [1.165, 1.54) is 0 Å². The van der Waals surface area contributed by atoms with Crippen molar-refractivity contribution in [1.82, 2.24) is 9.97 Å². The van der Waals surface area contributed by atoms with Gasteiger partial charge in [0.25, 0.3) is 0 Å². The third-order valence-corrected chi connectivity index (χ3v) is 3.82. The van der Waals surface area contributed by atoms with Crippen molar-refractivity contribution < 1.29 is 4.79 Å². The minimum absolute atomic E-state index is 0.0565. The summed E-state index contributed by atoms with van der Waals surface area (Å²) in [4.78, 5) is 19.5. The van der Waals surface area contributed by atoms with Crippen LogP contribution in [0.1, 0.15) is 38.4 Å². The summed E-state index contributed by atoms with van der Waals surface area (Å²) >= 11 is 0. The zero-order valence-corrected chi connectivity index (χ0v) is 12.8. The Kier molecular flexibility index (Phi) is 5.33. The fraction of sp³-hybridized carbons (Fsp3) is 0.500. The van der Waals surface area contributed by atoms with E-state index in [2.05, 4.69) is 22.2 Å². The van der Waals surface area contributed by atoms with Crippen LogP contribution in [0.3, 0.4) is 0 Å². The highest BCUT2D eigenvalue weighted by Crippen LogP contribution is 2.19. The molecular formula is C16H24N4O. The quantitative estimate of drug-likeness (QED) is 0.732. The highest BCUT2D eigenvalue weighted by Gasteiger charge is 2.10. The van der Waals surface area contributed by atoms with Gasteiger partial charge in [0.15, 0.2) is 0 Å². The van der Waals surface area contributed by atoms with Gasteiger partial charge in [-0.1, -0.05) is 13.3 Å². The van der Waals surface area contributed by atoms with E-state index in [0.717, 1.165) is 41.8 Å². The molecule has 5 nitrogen and oxygen atoms in total. The Bertz CT molecular complexity index is 605. The van der Waals surface area contributed by atoms with Gasteiger partial charge < -0.3 is 16.0 Å². The van der Waals surface area contributed by atoms with Crippen LogP contribution in [0.5, 0.6) is 0 Å². The number of amides is 1. The normalized spacial score (nSPS) is 12.5. The summed E-state index contributed by atoms with van der Waals surface area (Å²) in [5.41, 5.74) is 8.25. The Balaban J connectivity index is 1.91. The van der Waals surface area contributed by atoms with Crippen LogP contribution < -0.4 is 11.1 Å². The van der Waals surface area contributed by atoms with E-state index in [9.17, 15) is 4.79 Å². The number of hydrogen-bond donors (Lipinski definition) is 3. The number of benzene rings is 1. The fourth-order valence-electron chi connectivity index (χ4n) is 2.56. The molecule has 0 saturated carbocycles. The SMILES string of the molecule is CCC(CCN)CCC(=O)Nc1ccc2nc(C)[nH]c2c1. The zero-order valence-electron chi connectivity index (χ0n) is 12.8. The number of aromatic nitrogens is 2. The lowest BCUT2D eigenvalue weighted by Gasteiger charge is -2.13. The Morgan fingerprint density at radius 2 is 2.24 bits per heavy atom. The molecule has 0 spiro atoms. The van der Waals surface area contributed by atoms with E-state index in [-0.39, 0.29) is 5.91 Å². The number of aryl methyl sites for hydroxylation is 1. The molecule has 0 radical (unpaired) electrons. The maximum Gasteiger partial charge on any atom is 0.224 e. The average molecular weight is 288 g/mol. The minimum atomic E-state index is 0.0565. The van der Waals surface area contributed by atoms with Gasteiger partial charge in [0, 0.05) is 12.1 Å². The maximum atomic E-state index is 12.0. The second-order valence-electron chi connectivity index (χ2n) is 5.49. The molecule has 0 fully saturated rings. The summed E-state index contributed by atoms with van der Waals surface area (Å²) in [6, 6.07) is 5.72. The molecule has 0 aliphatic rings.